The summed E-state index contributed by atoms with van der Waals surface area (Å²) in [6.07, 6.45) is 2.11. The fourth-order valence-electron chi connectivity index (χ4n) is 2.46. The summed E-state index contributed by atoms with van der Waals surface area (Å²) in [6.45, 7) is 2.11. The van der Waals surface area contributed by atoms with Gasteiger partial charge in [-0.2, -0.15) is 0 Å². The summed E-state index contributed by atoms with van der Waals surface area (Å²) >= 11 is 1.77. The molecule has 1 unspecified atom stereocenters. The van der Waals surface area contributed by atoms with E-state index in [2.05, 4.69) is 54.9 Å². The van der Waals surface area contributed by atoms with E-state index in [1.165, 1.54) is 21.6 Å². The highest BCUT2D eigenvalue weighted by atomic mass is 32.2. The fraction of sp³-hybridized carbons (Fsp3) is 0.294. The Morgan fingerprint density at radius 2 is 1.85 bits per heavy atom. The van der Waals surface area contributed by atoms with Crippen molar-refractivity contribution in [1.82, 2.24) is 5.32 Å². The Hall–Kier alpha value is -1.45. The second kappa shape index (κ2) is 6.82. The first kappa shape index (κ1) is 14.9. The highest BCUT2D eigenvalue weighted by Crippen LogP contribution is 2.34. The van der Waals surface area contributed by atoms with Crippen LogP contribution < -0.4 is 10.1 Å². The zero-order valence-electron chi connectivity index (χ0n) is 12.4. The van der Waals surface area contributed by atoms with Crippen molar-refractivity contribution in [2.75, 3.05) is 20.4 Å². The van der Waals surface area contributed by atoms with Crippen LogP contribution in [0, 0.1) is 6.92 Å². The van der Waals surface area contributed by atoms with Crippen LogP contribution in [0.15, 0.2) is 47.4 Å². The number of hydrogen-bond donors (Lipinski definition) is 1. The number of thioether (sulfide) groups is 1. The molecule has 20 heavy (non-hydrogen) atoms. The van der Waals surface area contributed by atoms with Gasteiger partial charge in [-0.15, -0.1) is 11.8 Å². The molecule has 3 heteroatoms. The van der Waals surface area contributed by atoms with Gasteiger partial charge in [-0.25, -0.2) is 0 Å². The van der Waals surface area contributed by atoms with Crippen molar-refractivity contribution in [2.24, 2.45) is 0 Å². The van der Waals surface area contributed by atoms with E-state index in [1.807, 2.05) is 13.1 Å². The SMILES string of the molecule is CNC(c1cc(C)ccc1OC)c1ccccc1SC. The van der Waals surface area contributed by atoms with Crippen LogP contribution in [-0.2, 0) is 0 Å². The molecule has 0 aliphatic heterocycles. The van der Waals surface area contributed by atoms with E-state index in [0.29, 0.717) is 0 Å². The minimum atomic E-state index is 0.133. The molecule has 0 fully saturated rings. The summed E-state index contributed by atoms with van der Waals surface area (Å²) in [7, 11) is 3.71. The fourth-order valence-corrected chi connectivity index (χ4v) is 3.10. The standard InChI is InChI=1S/C17H21NOS/c1-12-9-10-15(19-3)14(11-12)17(18-2)13-7-5-6-8-16(13)20-4/h5-11,17-18H,1-4H3. The largest absolute Gasteiger partial charge is 0.496 e. The predicted octanol–water partition coefficient (Wildman–Crippen LogP) is 4.03. The normalized spacial score (nSPS) is 12.2. The van der Waals surface area contributed by atoms with Gasteiger partial charge in [0.15, 0.2) is 0 Å². The van der Waals surface area contributed by atoms with Crippen LogP contribution in [0.3, 0.4) is 0 Å². The molecule has 0 saturated heterocycles. The maximum absolute atomic E-state index is 5.53. The van der Waals surface area contributed by atoms with Crippen LogP contribution in [-0.4, -0.2) is 20.4 Å². The molecule has 2 nitrogen and oxygen atoms in total. The molecule has 0 amide bonds. The lowest BCUT2D eigenvalue weighted by Crippen LogP contribution is -2.19. The Bertz CT molecular complexity index is 583. The van der Waals surface area contributed by atoms with Crippen LogP contribution in [0.1, 0.15) is 22.7 Å². The first-order valence-electron chi connectivity index (χ1n) is 6.66. The van der Waals surface area contributed by atoms with Gasteiger partial charge in [0.1, 0.15) is 5.75 Å². The first-order chi connectivity index (χ1) is 9.71. The zero-order valence-corrected chi connectivity index (χ0v) is 13.3. The summed E-state index contributed by atoms with van der Waals surface area (Å²) < 4.78 is 5.53. The maximum Gasteiger partial charge on any atom is 0.123 e. The molecule has 2 aromatic carbocycles. The summed E-state index contributed by atoms with van der Waals surface area (Å²) in [5.41, 5.74) is 3.70. The van der Waals surface area contributed by atoms with Gasteiger partial charge in [0.05, 0.1) is 13.2 Å². The van der Waals surface area contributed by atoms with Gasteiger partial charge < -0.3 is 10.1 Å². The monoisotopic (exact) mass is 287 g/mol. The second-order valence-corrected chi connectivity index (χ2v) is 5.56. The lowest BCUT2D eigenvalue weighted by Gasteiger charge is -2.22. The van der Waals surface area contributed by atoms with Crippen molar-refractivity contribution in [3.63, 3.8) is 0 Å². The van der Waals surface area contributed by atoms with Gasteiger partial charge in [-0.3, -0.25) is 0 Å². The maximum atomic E-state index is 5.53. The van der Waals surface area contributed by atoms with Gasteiger partial charge in [0, 0.05) is 10.5 Å². The molecular weight excluding hydrogens is 266 g/mol. The Balaban J connectivity index is 2.55. The molecule has 0 radical (unpaired) electrons. The molecule has 2 rings (SSSR count). The summed E-state index contributed by atoms with van der Waals surface area (Å²) in [6, 6.07) is 14.9. The average Bonchev–Trinajstić information content (AvgIpc) is 2.49. The minimum Gasteiger partial charge on any atom is -0.496 e. The first-order valence-corrected chi connectivity index (χ1v) is 7.88. The highest BCUT2D eigenvalue weighted by Gasteiger charge is 2.19. The van der Waals surface area contributed by atoms with Crippen molar-refractivity contribution in [1.29, 1.82) is 0 Å². The van der Waals surface area contributed by atoms with Crippen molar-refractivity contribution >= 4 is 11.8 Å². The van der Waals surface area contributed by atoms with E-state index in [-0.39, 0.29) is 6.04 Å². The van der Waals surface area contributed by atoms with Gasteiger partial charge in [0.2, 0.25) is 0 Å². The Morgan fingerprint density at radius 3 is 2.50 bits per heavy atom. The third-order valence-electron chi connectivity index (χ3n) is 3.43. The van der Waals surface area contributed by atoms with Crippen molar-refractivity contribution < 1.29 is 4.74 Å². The predicted molar refractivity (Wildman–Crippen MR) is 86.9 cm³/mol. The van der Waals surface area contributed by atoms with Gasteiger partial charge >= 0.3 is 0 Å². The number of ether oxygens (including phenoxy) is 1. The quantitative estimate of drug-likeness (QED) is 0.839. The Morgan fingerprint density at radius 1 is 1.10 bits per heavy atom. The lowest BCUT2D eigenvalue weighted by atomic mass is 9.96. The molecule has 0 aliphatic rings. The number of nitrogens with one attached hydrogen (secondary N) is 1. The molecule has 1 N–H and O–H groups in total. The third-order valence-corrected chi connectivity index (χ3v) is 4.25. The topological polar surface area (TPSA) is 21.3 Å². The minimum absolute atomic E-state index is 0.133. The molecule has 0 saturated carbocycles. The molecule has 0 spiro atoms. The average molecular weight is 287 g/mol. The summed E-state index contributed by atoms with van der Waals surface area (Å²) in [5, 5.41) is 3.42. The van der Waals surface area contributed by atoms with Crippen molar-refractivity contribution in [3.8, 4) is 5.75 Å². The molecule has 2 aromatic rings. The number of aryl methyl sites for hydroxylation is 1. The molecule has 0 bridgehead atoms. The van der Waals surface area contributed by atoms with Gasteiger partial charge in [-0.05, 0) is 37.9 Å². The lowest BCUT2D eigenvalue weighted by molar-refractivity contribution is 0.405. The smallest absolute Gasteiger partial charge is 0.123 e. The third kappa shape index (κ3) is 3.00. The molecular formula is C17H21NOS. The summed E-state index contributed by atoms with van der Waals surface area (Å²) in [4.78, 5) is 1.29. The Kier molecular flexibility index (Phi) is 5.10. The van der Waals surface area contributed by atoms with E-state index in [4.69, 9.17) is 4.74 Å². The number of hydrogen-bond acceptors (Lipinski definition) is 3. The van der Waals surface area contributed by atoms with Crippen LogP contribution in [0.5, 0.6) is 5.75 Å². The Labute approximate surface area is 125 Å². The second-order valence-electron chi connectivity index (χ2n) is 4.71. The van der Waals surface area contributed by atoms with Crippen LogP contribution in [0.2, 0.25) is 0 Å². The molecule has 0 aliphatic carbocycles. The van der Waals surface area contributed by atoms with E-state index in [1.54, 1.807) is 18.9 Å². The van der Waals surface area contributed by atoms with Gasteiger partial charge in [-0.1, -0.05) is 35.9 Å². The van der Waals surface area contributed by atoms with Crippen molar-refractivity contribution in [3.05, 3.63) is 59.2 Å². The molecule has 0 aromatic heterocycles. The molecule has 106 valence electrons. The summed E-state index contributed by atoms with van der Waals surface area (Å²) in [5.74, 6) is 0.922. The van der Waals surface area contributed by atoms with Crippen LogP contribution >= 0.6 is 11.8 Å². The van der Waals surface area contributed by atoms with E-state index >= 15 is 0 Å². The molecule has 1 atom stereocenters. The zero-order chi connectivity index (χ0) is 14.5. The number of benzene rings is 2. The van der Waals surface area contributed by atoms with Gasteiger partial charge in [0.25, 0.3) is 0 Å². The van der Waals surface area contributed by atoms with Crippen molar-refractivity contribution in [2.45, 2.75) is 17.9 Å². The van der Waals surface area contributed by atoms with Crippen LogP contribution in [0.4, 0.5) is 0 Å². The molecule has 0 heterocycles. The number of rotatable bonds is 5. The van der Waals surface area contributed by atoms with Crippen LogP contribution in [0.25, 0.3) is 0 Å². The highest BCUT2D eigenvalue weighted by molar-refractivity contribution is 7.98. The number of methoxy groups -OCH3 is 1. The van der Waals surface area contributed by atoms with E-state index in [9.17, 15) is 0 Å². The van der Waals surface area contributed by atoms with E-state index < -0.39 is 0 Å². The van der Waals surface area contributed by atoms with E-state index in [0.717, 1.165) is 5.75 Å².